The van der Waals surface area contributed by atoms with E-state index in [9.17, 15) is 18.0 Å². The zero-order valence-corrected chi connectivity index (χ0v) is 21.1. The Bertz CT molecular complexity index is 1620. The number of para-hydroxylation sites is 2. The van der Waals surface area contributed by atoms with Crippen molar-refractivity contribution < 1.29 is 26.9 Å². The third-order valence-electron chi connectivity index (χ3n) is 5.62. The molecule has 0 radical (unpaired) electrons. The molecular formula is C28H21NO6S2. The predicted molar refractivity (Wildman–Crippen MR) is 143 cm³/mol. The van der Waals surface area contributed by atoms with E-state index in [0.29, 0.717) is 11.3 Å². The number of ether oxygens (including phenoxy) is 1. The average molecular weight is 532 g/mol. The van der Waals surface area contributed by atoms with Crippen LogP contribution in [0.3, 0.4) is 0 Å². The summed E-state index contributed by atoms with van der Waals surface area (Å²) >= 11 is 0.785. The number of benzene rings is 4. The van der Waals surface area contributed by atoms with Gasteiger partial charge in [0, 0.05) is 5.56 Å². The van der Waals surface area contributed by atoms with Crippen LogP contribution in [-0.2, 0) is 14.9 Å². The Balaban J connectivity index is 1.33. The molecule has 9 heteroatoms. The first kappa shape index (κ1) is 24.6. The number of hydrogen-bond donors (Lipinski definition) is 0. The van der Waals surface area contributed by atoms with Crippen LogP contribution in [0, 0.1) is 0 Å². The molecule has 1 fully saturated rings. The Morgan fingerprint density at radius 2 is 1.51 bits per heavy atom. The van der Waals surface area contributed by atoms with E-state index in [2.05, 4.69) is 0 Å². The normalized spacial score (nSPS) is 14.9. The van der Waals surface area contributed by atoms with Crippen LogP contribution in [0.15, 0.2) is 107 Å². The molecule has 0 bridgehead atoms. The van der Waals surface area contributed by atoms with Gasteiger partial charge < -0.3 is 8.92 Å². The lowest BCUT2D eigenvalue weighted by Crippen LogP contribution is -2.32. The van der Waals surface area contributed by atoms with Crippen LogP contribution in [0.1, 0.15) is 5.56 Å². The number of fused-ring (bicyclic) bond motifs is 1. The molecule has 186 valence electrons. The maximum Gasteiger partial charge on any atom is 0.339 e. The Hall–Kier alpha value is -4.08. The fourth-order valence-corrected chi connectivity index (χ4v) is 5.62. The van der Waals surface area contributed by atoms with Gasteiger partial charge in [-0.1, -0.05) is 66.7 Å². The molecule has 4 aromatic rings. The first-order valence-corrected chi connectivity index (χ1v) is 13.6. The third-order valence-corrected chi connectivity index (χ3v) is 7.75. The number of carbonyl (C=O) groups is 2. The van der Waals surface area contributed by atoms with Crippen molar-refractivity contribution in [3.8, 4) is 11.5 Å². The SMILES string of the molecule is O=C1S/C(=C\c2ccccc2OS(=O)(=O)c2ccc3ccccc3c2)C(=O)N1CCOc1ccccc1. The van der Waals surface area contributed by atoms with Crippen molar-refractivity contribution in [1.29, 1.82) is 0 Å². The van der Waals surface area contributed by atoms with Crippen LogP contribution >= 0.6 is 11.8 Å². The minimum absolute atomic E-state index is 0.0137. The van der Waals surface area contributed by atoms with Crippen molar-refractivity contribution in [3.05, 3.63) is 108 Å². The summed E-state index contributed by atoms with van der Waals surface area (Å²) < 4.78 is 37.2. The zero-order valence-electron chi connectivity index (χ0n) is 19.4. The molecule has 5 rings (SSSR count). The van der Waals surface area contributed by atoms with Crippen LogP contribution in [-0.4, -0.2) is 37.6 Å². The van der Waals surface area contributed by atoms with E-state index in [-0.39, 0.29) is 28.7 Å². The molecule has 37 heavy (non-hydrogen) atoms. The van der Waals surface area contributed by atoms with Crippen molar-refractivity contribution in [2.45, 2.75) is 4.90 Å². The number of carbonyl (C=O) groups excluding carboxylic acids is 2. The van der Waals surface area contributed by atoms with Gasteiger partial charge in [-0.05, 0) is 58.9 Å². The number of amides is 2. The maximum absolute atomic E-state index is 13.0. The number of thioether (sulfide) groups is 1. The fraction of sp³-hybridized carbons (Fsp3) is 0.0714. The van der Waals surface area contributed by atoms with E-state index in [1.54, 1.807) is 42.5 Å². The smallest absolute Gasteiger partial charge is 0.339 e. The minimum atomic E-state index is -4.15. The van der Waals surface area contributed by atoms with E-state index in [0.717, 1.165) is 27.4 Å². The highest BCUT2D eigenvalue weighted by Gasteiger charge is 2.35. The average Bonchev–Trinajstić information content (AvgIpc) is 3.17. The van der Waals surface area contributed by atoms with Gasteiger partial charge >= 0.3 is 10.1 Å². The Morgan fingerprint density at radius 1 is 0.811 bits per heavy atom. The summed E-state index contributed by atoms with van der Waals surface area (Å²) in [7, 11) is -4.15. The van der Waals surface area contributed by atoms with Crippen molar-refractivity contribution in [2.75, 3.05) is 13.2 Å². The lowest BCUT2D eigenvalue weighted by atomic mass is 10.1. The largest absolute Gasteiger partial charge is 0.492 e. The van der Waals surface area contributed by atoms with E-state index in [1.807, 2.05) is 42.5 Å². The molecule has 0 aromatic heterocycles. The second-order valence-electron chi connectivity index (χ2n) is 8.08. The van der Waals surface area contributed by atoms with Gasteiger partial charge in [-0.2, -0.15) is 8.42 Å². The zero-order chi connectivity index (χ0) is 25.8. The summed E-state index contributed by atoms with van der Waals surface area (Å²) in [4.78, 5) is 26.7. The summed E-state index contributed by atoms with van der Waals surface area (Å²) in [6, 6.07) is 27.7. The van der Waals surface area contributed by atoms with Gasteiger partial charge in [0.25, 0.3) is 11.1 Å². The molecule has 0 aliphatic carbocycles. The lowest BCUT2D eigenvalue weighted by Gasteiger charge is -2.13. The van der Waals surface area contributed by atoms with Crippen molar-refractivity contribution in [1.82, 2.24) is 4.90 Å². The molecule has 1 heterocycles. The Labute approximate surface area is 218 Å². The number of hydrogen-bond acceptors (Lipinski definition) is 7. The Morgan fingerprint density at radius 3 is 2.32 bits per heavy atom. The molecule has 0 spiro atoms. The highest BCUT2D eigenvalue weighted by molar-refractivity contribution is 8.18. The van der Waals surface area contributed by atoms with Gasteiger partial charge in [-0.3, -0.25) is 14.5 Å². The molecule has 1 aliphatic heterocycles. The number of rotatable bonds is 8. The molecular weight excluding hydrogens is 510 g/mol. The van der Waals surface area contributed by atoms with E-state index in [4.69, 9.17) is 8.92 Å². The molecule has 2 amide bonds. The summed E-state index contributed by atoms with van der Waals surface area (Å²) in [5.74, 6) is 0.220. The highest BCUT2D eigenvalue weighted by atomic mass is 32.2. The monoisotopic (exact) mass is 531 g/mol. The van der Waals surface area contributed by atoms with Crippen LogP contribution in [0.2, 0.25) is 0 Å². The van der Waals surface area contributed by atoms with Crippen molar-refractivity contribution in [3.63, 3.8) is 0 Å². The topological polar surface area (TPSA) is 90.0 Å². The van der Waals surface area contributed by atoms with E-state index < -0.39 is 21.3 Å². The molecule has 0 unspecified atom stereocenters. The highest BCUT2D eigenvalue weighted by Crippen LogP contribution is 2.34. The van der Waals surface area contributed by atoms with Crippen LogP contribution in [0.5, 0.6) is 11.5 Å². The molecule has 7 nitrogen and oxygen atoms in total. The predicted octanol–water partition coefficient (Wildman–Crippen LogP) is 5.72. The molecule has 4 aromatic carbocycles. The second kappa shape index (κ2) is 10.5. The standard InChI is InChI=1S/C28H21NO6S2/c30-27-26(36-28(31)29(27)16-17-34-23-11-2-1-3-12-23)19-22-10-6-7-13-25(22)35-37(32,33)24-15-14-20-8-4-5-9-21(20)18-24/h1-15,18-19H,16-17H2/b26-19-. The molecule has 1 saturated heterocycles. The van der Waals surface area contributed by atoms with Gasteiger partial charge in [-0.25, -0.2) is 0 Å². The van der Waals surface area contributed by atoms with Crippen molar-refractivity contribution in [2.24, 2.45) is 0 Å². The van der Waals surface area contributed by atoms with Gasteiger partial charge in [0.15, 0.2) is 0 Å². The van der Waals surface area contributed by atoms with Gasteiger partial charge in [-0.15, -0.1) is 0 Å². The number of imide groups is 1. The summed E-state index contributed by atoms with van der Waals surface area (Å²) in [6.45, 7) is 0.240. The number of nitrogens with zero attached hydrogens (tertiary/aromatic N) is 1. The Kier molecular flexibility index (Phi) is 6.98. The maximum atomic E-state index is 13.0. The second-order valence-corrected chi connectivity index (χ2v) is 10.6. The summed E-state index contributed by atoms with van der Waals surface area (Å²) in [6.07, 6.45) is 1.47. The first-order valence-electron chi connectivity index (χ1n) is 11.4. The molecule has 1 aliphatic rings. The fourth-order valence-electron chi connectivity index (χ4n) is 3.77. The summed E-state index contributed by atoms with van der Waals surface area (Å²) in [5.41, 5.74) is 0.359. The minimum Gasteiger partial charge on any atom is -0.492 e. The third kappa shape index (κ3) is 5.52. The van der Waals surface area contributed by atoms with Crippen LogP contribution < -0.4 is 8.92 Å². The lowest BCUT2D eigenvalue weighted by molar-refractivity contribution is -0.123. The quantitative estimate of drug-likeness (QED) is 0.212. The van der Waals surface area contributed by atoms with Gasteiger partial charge in [0.2, 0.25) is 0 Å². The van der Waals surface area contributed by atoms with Gasteiger partial charge in [0.1, 0.15) is 23.0 Å². The molecule has 0 saturated carbocycles. The molecule has 0 N–H and O–H groups in total. The van der Waals surface area contributed by atoms with Gasteiger partial charge in [0.05, 0.1) is 11.4 Å². The van der Waals surface area contributed by atoms with E-state index in [1.165, 1.54) is 18.2 Å². The molecule has 0 atom stereocenters. The van der Waals surface area contributed by atoms with E-state index >= 15 is 0 Å². The van der Waals surface area contributed by atoms with Crippen LogP contribution in [0.4, 0.5) is 4.79 Å². The van der Waals surface area contributed by atoms with Crippen LogP contribution in [0.25, 0.3) is 16.8 Å². The first-order chi connectivity index (χ1) is 17.9. The van der Waals surface area contributed by atoms with Crippen molar-refractivity contribution >= 4 is 49.9 Å². The summed E-state index contributed by atoms with van der Waals surface area (Å²) in [5, 5.41) is 1.26.